The van der Waals surface area contributed by atoms with Crippen molar-refractivity contribution >= 4 is 17.9 Å². The maximum absolute atomic E-state index is 13.9. The predicted octanol–water partition coefficient (Wildman–Crippen LogP) is 3.38. The zero-order valence-electron chi connectivity index (χ0n) is 22.3. The minimum atomic E-state index is -1.11. The lowest BCUT2D eigenvalue weighted by molar-refractivity contribution is -0.144. The van der Waals surface area contributed by atoms with Crippen LogP contribution in [-0.4, -0.2) is 58.2 Å². The fraction of sp³-hybridized carbons (Fsp3) is 0.593. The molecule has 1 rings (SSSR count). The summed E-state index contributed by atoms with van der Waals surface area (Å²) in [6, 6.07) is 4.79. The number of benzene rings is 1. The van der Waals surface area contributed by atoms with Gasteiger partial charge in [-0.05, 0) is 65.5 Å². The monoisotopic (exact) mass is 487 g/mol. The highest BCUT2D eigenvalue weighted by Crippen LogP contribution is 2.27. The quantitative estimate of drug-likeness (QED) is 0.463. The molecular weight excluding hydrogens is 446 g/mol. The normalized spacial score (nSPS) is 13.4. The molecule has 1 aromatic rings. The highest BCUT2D eigenvalue weighted by atomic mass is 16.6. The number of aliphatic hydroxyl groups excluding tert-OH is 1. The third-order valence-electron chi connectivity index (χ3n) is 4.79. The summed E-state index contributed by atoms with van der Waals surface area (Å²) in [6.07, 6.45) is 5.28. The van der Waals surface area contributed by atoms with Crippen molar-refractivity contribution in [3.8, 4) is 12.3 Å². The minimum Gasteiger partial charge on any atom is -0.444 e. The fourth-order valence-electron chi connectivity index (χ4n) is 3.57. The Kier molecular flexibility index (Phi) is 10.8. The van der Waals surface area contributed by atoms with Crippen LogP contribution in [0.1, 0.15) is 79.0 Å². The number of hydrogen-bond donors (Lipinski definition) is 3. The van der Waals surface area contributed by atoms with Crippen molar-refractivity contribution in [1.29, 1.82) is 0 Å². The van der Waals surface area contributed by atoms with Crippen LogP contribution in [0, 0.1) is 18.3 Å². The van der Waals surface area contributed by atoms with E-state index in [4.69, 9.17) is 11.2 Å². The van der Waals surface area contributed by atoms with E-state index in [-0.39, 0.29) is 19.1 Å². The van der Waals surface area contributed by atoms with Crippen molar-refractivity contribution in [1.82, 2.24) is 15.5 Å². The Hall–Kier alpha value is -3.05. The van der Waals surface area contributed by atoms with Gasteiger partial charge < -0.3 is 25.4 Å². The molecule has 194 valence electrons. The molecule has 0 saturated carbocycles. The maximum atomic E-state index is 13.9. The molecule has 2 unspecified atom stereocenters. The largest absolute Gasteiger partial charge is 0.444 e. The van der Waals surface area contributed by atoms with E-state index >= 15 is 0 Å². The number of carbonyl (C=O) groups is 3. The molecule has 0 aromatic heterocycles. The van der Waals surface area contributed by atoms with Crippen molar-refractivity contribution < 1.29 is 24.2 Å². The van der Waals surface area contributed by atoms with Crippen molar-refractivity contribution in [2.45, 2.75) is 85.0 Å². The van der Waals surface area contributed by atoms with Crippen LogP contribution in [-0.2, 0) is 14.3 Å². The fourth-order valence-corrected chi connectivity index (χ4v) is 3.57. The number of rotatable bonds is 9. The summed E-state index contributed by atoms with van der Waals surface area (Å²) in [5.41, 5.74) is -0.418. The Morgan fingerprint density at radius 3 is 2.20 bits per heavy atom. The number of amides is 3. The summed E-state index contributed by atoms with van der Waals surface area (Å²) < 4.78 is 5.36. The lowest BCUT2D eigenvalue weighted by Crippen LogP contribution is -2.55. The van der Waals surface area contributed by atoms with Crippen molar-refractivity contribution in [2.24, 2.45) is 5.92 Å². The highest BCUT2D eigenvalue weighted by Gasteiger charge is 2.38. The first kappa shape index (κ1) is 30.0. The number of hydrogen-bond acceptors (Lipinski definition) is 5. The second-order valence-corrected chi connectivity index (χ2v) is 11.0. The molecule has 0 saturated heterocycles. The molecule has 8 heteroatoms. The van der Waals surface area contributed by atoms with Crippen LogP contribution in [0.4, 0.5) is 4.79 Å². The van der Waals surface area contributed by atoms with Crippen molar-refractivity contribution in [3.63, 3.8) is 0 Å². The number of ether oxygens (including phenoxy) is 1. The molecule has 0 aliphatic carbocycles. The van der Waals surface area contributed by atoms with Crippen LogP contribution in [0.15, 0.2) is 24.3 Å². The van der Waals surface area contributed by atoms with Gasteiger partial charge >= 0.3 is 6.09 Å². The topological polar surface area (TPSA) is 108 Å². The third kappa shape index (κ3) is 9.99. The van der Waals surface area contributed by atoms with Gasteiger partial charge in [0.25, 0.3) is 0 Å². The van der Waals surface area contributed by atoms with Gasteiger partial charge in [0.2, 0.25) is 11.8 Å². The Morgan fingerprint density at radius 2 is 1.71 bits per heavy atom. The Morgan fingerprint density at radius 1 is 1.11 bits per heavy atom. The van der Waals surface area contributed by atoms with Crippen LogP contribution in [0.3, 0.4) is 0 Å². The number of carbonyl (C=O) groups excluding carboxylic acids is 3. The lowest BCUT2D eigenvalue weighted by Gasteiger charge is -2.36. The van der Waals surface area contributed by atoms with Gasteiger partial charge in [0.05, 0.1) is 6.61 Å². The Balaban J connectivity index is 3.55. The van der Waals surface area contributed by atoms with Crippen LogP contribution in [0.2, 0.25) is 0 Å². The first-order valence-electron chi connectivity index (χ1n) is 11.9. The molecule has 1 aromatic carbocycles. The Bertz CT molecular complexity index is 922. The van der Waals surface area contributed by atoms with Gasteiger partial charge in [-0.1, -0.05) is 38.0 Å². The second kappa shape index (κ2) is 12.6. The van der Waals surface area contributed by atoms with E-state index < -0.39 is 41.1 Å². The van der Waals surface area contributed by atoms with E-state index in [0.29, 0.717) is 17.5 Å². The molecule has 35 heavy (non-hydrogen) atoms. The van der Waals surface area contributed by atoms with Crippen molar-refractivity contribution in [3.05, 3.63) is 35.4 Å². The maximum Gasteiger partial charge on any atom is 0.408 e. The van der Waals surface area contributed by atoms with Crippen molar-refractivity contribution in [2.75, 3.05) is 13.2 Å². The van der Waals surface area contributed by atoms with Crippen LogP contribution in [0.5, 0.6) is 0 Å². The van der Waals surface area contributed by atoms with E-state index in [1.807, 2.05) is 34.6 Å². The summed E-state index contributed by atoms with van der Waals surface area (Å²) in [6.45, 7) is 14.0. The molecule has 0 heterocycles. The smallest absolute Gasteiger partial charge is 0.408 e. The minimum absolute atomic E-state index is 0.0507. The highest BCUT2D eigenvalue weighted by molar-refractivity contribution is 5.92. The van der Waals surface area contributed by atoms with Gasteiger partial charge in [-0.25, -0.2) is 4.79 Å². The van der Waals surface area contributed by atoms with Gasteiger partial charge in [-0.2, -0.15) is 0 Å². The van der Waals surface area contributed by atoms with Gasteiger partial charge in [-0.3, -0.25) is 9.59 Å². The van der Waals surface area contributed by atoms with E-state index in [1.165, 1.54) is 4.90 Å². The summed E-state index contributed by atoms with van der Waals surface area (Å²) >= 11 is 0. The molecule has 0 aliphatic heterocycles. The first-order chi connectivity index (χ1) is 16.1. The summed E-state index contributed by atoms with van der Waals surface area (Å²) in [5.74, 6) is 1.67. The van der Waals surface area contributed by atoms with E-state index in [0.717, 1.165) is 0 Å². The van der Waals surface area contributed by atoms with Gasteiger partial charge in [-0.15, -0.1) is 6.42 Å². The molecule has 0 fully saturated rings. The molecule has 0 aliphatic rings. The van der Waals surface area contributed by atoms with E-state index in [2.05, 4.69) is 16.6 Å². The molecule has 3 N–H and O–H groups in total. The van der Waals surface area contributed by atoms with Crippen LogP contribution in [0.25, 0.3) is 0 Å². The van der Waals surface area contributed by atoms with Gasteiger partial charge in [0.1, 0.15) is 17.7 Å². The summed E-state index contributed by atoms with van der Waals surface area (Å²) in [4.78, 5) is 41.2. The molecule has 8 nitrogen and oxygen atoms in total. The van der Waals surface area contributed by atoms with Crippen LogP contribution >= 0.6 is 0 Å². The van der Waals surface area contributed by atoms with E-state index in [1.54, 1.807) is 45.0 Å². The number of alkyl carbamates (subject to hydrolysis) is 1. The molecule has 3 amide bonds. The summed E-state index contributed by atoms with van der Waals surface area (Å²) in [5, 5.41) is 15.4. The summed E-state index contributed by atoms with van der Waals surface area (Å²) in [7, 11) is 0. The van der Waals surface area contributed by atoms with Gasteiger partial charge in [0.15, 0.2) is 0 Å². The molecule has 0 radical (unpaired) electrons. The second-order valence-electron chi connectivity index (χ2n) is 11.0. The average molecular weight is 488 g/mol. The third-order valence-corrected chi connectivity index (χ3v) is 4.79. The standard InChI is InChI=1S/C27H41N3O5/c1-10-19-13-11-12-14-20(19)22(23(32)29-26(4,5)6)30(15-16-31)24(33)21(17-18(2)3)28-25(34)35-27(7,8)9/h1,11-14,18,21-22,31H,15-17H2,2-9H3,(H,28,34)(H,29,32). The zero-order valence-corrected chi connectivity index (χ0v) is 22.3. The number of aliphatic hydroxyl groups is 1. The van der Waals surface area contributed by atoms with E-state index in [9.17, 15) is 19.5 Å². The lowest BCUT2D eigenvalue weighted by atomic mass is 9.95. The zero-order chi connectivity index (χ0) is 27.0. The van der Waals surface area contributed by atoms with Crippen LogP contribution < -0.4 is 10.6 Å². The predicted molar refractivity (Wildman–Crippen MR) is 136 cm³/mol. The molecule has 0 spiro atoms. The molecule has 0 bridgehead atoms. The average Bonchev–Trinajstić information content (AvgIpc) is 2.69. The number of terminal acetylenes is 1. The molecular formula is C27H41N3O5. The first-order valence-corrected chi connectivity index (χ1v) is 11.9. The van der Waals surface area contributed by atoms with Gasteiger partial charge in [0, 0.05) is 17.6 Å². The molecule has 2 atom stereocenters. The SMILES string of the molecule is C#Cc1ccccc1C(C(=O)NC(C)(C)C)N(CCO)C(=O)C(CC(C)C)NC(=O)OC(C)(C)C. The number of nitrogens with zero attached hydrogens (tertiary/aromatic N) is 1. The Labute approximate surface area is 209 Å². The number of nitrogens with one attached hydrogen (secondary N) is 2.